The molecule has 2 aliphatic heterocycles. The second-order valence-electron chi connectivity index (χ2n) is 6.76. The maximum absolute atomic E-state index is 13.0. The fraction of sp³-hybridized carbons (Fsp3) is 0.529. The van der Waals surface area contributed by atoms with Crippen molar-refractivity contribution >= 4 is 32.7 Å². The summed E-state index contributed by atoms with van der Waals surface area (Å²) in [5, 5.41) is 0.544. The van der Waals surface area contributed by atoms with Crippen LogP contribution in [0.15, 0.2) is 29.3 Å². The number of fused-ring (bicyclic) bond motifs is 1. The van der Waals surface area contributed by atoms with Gasteiger partial charge >= 0.3 is 0 Å². The third-order valence-corrected chi connectivity index (χ3v) is 7.68. The molecule has 1 aromatic rings. The number of amides is 1. The summed E-state index contributed by atoms with van der Waals surface area (Å²) in [4.78, 5) is 18.2. The Labute approximate surface area is 151 Å². The highest BCUT2D eigenvalue weighted by molar-refractivity contribution is 8.15. The molecule has 2 heterocycles. The van der Waals surface area contributed by atoms with Crippen molar-refractivity contribution < 1.29 is 17.6 Å². The third-order valence-electron chi connectivity index (χ3n) is 4.43. The SMILES string of the molecule is CC(C)C(=O)N=C1S[C@H]2CS(=O)(=O)C[C@@H]2N1CCc1ccc(F)cc1. The molecule has 0 N–H and O–H groups in total. The maximum Gasteiger partial charge on any atom is 0.250 e. The summed E-state index contributed by atoms with van der Waals surface area (Å²) in [5.41, 5.74) is 0.963. The van der Waals surface area contributed by atoms with E-state index in [0.717, 1.165) is 5.56 Å². The van der Waals surface area contributed by atoms with E-state index in [9.17, 15) is 17.6 Å². The fourth-order valence-electron chi connectivity index (χ4n) is 3.02. The molecule has 1 amide bonds. The Morgan fingerprint density at radius 3 is 2.64 bits per heavy atom. The fourth-order valence-corrected chi connectivity index (χ4v) is 7.00. The molecule has 3 rings (SSSR count). The Morgan fingerprint density at radius 1 is 1.32 bits per heavy atom. The average Bonchev–Trinajstić information content (AvgIpc) is 2.98. The highest BCUT2D eigenvalue weighted by Crippen LogP contribution is 2.38. The van der Waals surface area contributed by atoms with Crippen molar-refractivity contribution in [1.29, 1.82) is 0 Å². The van der Waals surface area contributed by atoms with E-state index in [-0.39, 0.29) is 40.4 Å². The van der Waals surface area contributed by atoms with Crippen LogP contribution in [-0.4, -0.2) is 53.7 Å². The van der Waals surface area contributed by atoms with Gasteiger partial charge < -0.3 is 4.90 Å². The minimum absolute atomic E-state index is 0.0723. The molecule has 8 heteroatoms. The number of benzene rings is 1. The summed E-state index contributed by atoms with van der Waals surface area (Å²) in [6.07, 6.45) is 0.638. The number of carbonyl (C=O) groups is 1. The molecule has 2 aliphatic rings. The van der Waals surface area contributed by atoms with E-state index in [0.29, 0.717) is 18.1 Å². The quantitative estimate of drug-likeness (QED) is 0.796. The highest BCUT2D eigenvalue weighted by atomic mass is 32.2. The summed E-state index contributed by atoms with van der Waals surface area (Å²) in [6.45, 7) is 4.14. The number of halogens is 1. The lowest BCUT2D eigenvalue weighted by Crippen LogP contribution is -2.39. The molecular weight excluding hydrogens is 363 g/mol. The standard InChI is InChI=1S/C17H21FN2O3S2/c1-11(2)16(21)19-17-20(8-7-12-3-5-13(18)6-4-12)14-9-25(22,23)10-15(14)24-17/h3-6,11,14-15H,7-10H2,1-2H3/t14-,15-/m0/s1. The summed E-state index contributed by atoms with van der Waals surface area (Å²) >= 11 is 1.39. The molecule has 0 radical (unpaired) electrons. The van der Waals surface area contributed by atoms with Crippen LogP contribution in [0.5, 0.6) is 0 Å². The summed E-state index contributed by atoms with van der Waals surface area (Å²) in [5.74, 6) is -0.451. The van der Waals surface area contributed by atoms with Crippen LogP contribution in [0.25, 0.3) is 0 Å². The minimum Gasteiger partial charge on any atom is -0.346 e. The lowest BCUT2D eigenvalue weighted by molar-refractivity contribution is -0.120. The first-order valence-electron chi connectivity index (χ1n) is 8.26. The van der Waals surface area contributed by atoms with Crippen LogP contribution in [0.3, 0.4) is 0 Å². The number of thioether (sulfide) groups is 1. The molecule has 0 aromatic heterocycles. The minimum atomic E-state index is -3.05. The highest BCUT2D eigenvalue weighted by Gasteiger charge is 2.48. The summed E-state index contributed by atoms with van der Waals surface area (Å²) < 4.78 is 36.9. The number of rotatable bonds is 4. The van der Waals surface area contributed by atoms with Gasteiger partial charge in [0, 0.05) is 17.7 Å². The second-order valence-corrected chi connectivity index (χ2v) is 10.1. The average molecular weight is 384 g/mol. The van der Waals surface area contributed by atoms with Crippen LogP contribution in [0.4, 0.5) is 4.39 Å². The summed E-state index contributed by atoms with van der Waals surface area (Å²) in [6, 6.07) is 6.12. The number of sulfone groups is 1. The van der Waals surface area contributed by atoms with E-state index >= 15 is 0 Å². The molecular formula is C17H21FN2O3S2. The molecule has 1 aromatic carbocycles. The van der Waals surface area contributed by atoms with Gasteiger partial charge in [0.2, 0.25) is 0 Å². The van der Waals surface area contributed by atoms with Crippen molar-refractivity contribution in [3.8, 4) is 0 Å². The number of carbonyl (C=O) groups excluding carboxylic acids is 1. The van der Waals surface area contributed by atoms with Crippen molar-refractivity contribution in [2.45, 2.75) is 31.6 Å². The molecule has 2 saturated heterocycles. The number of nitrogens with zero attached hydrogens (tertiary/aromatic N) is 2. The van der Waals surface area contributed by atoms with Crippen LogP contribution < -0.4 is 0 Å². The Bertz CT molecular complexity index is 791. The first-order chi connectivity index (χ1) is 11.7. The molecule has 0 unspecified atom stereocenters. The molecule has 136 valence electrons. The van der Waals surface area contributed by atoms with Gasteiger partial charge in [0.25, 0.3) is 5.91 Å². The van der Waals surface area contributed by atoms with E-state index in [1.807, 2.05) is 4.90 Å². The zero-order chi connectivity index (χ0) is 18.2. The molecule has 2 fully saturated rings. The van der Waals surface area contributed by atoms with E-state index in [2.05, 4.69) is 4.99 Å². The molecule has 5 nitrogen and oxygen atoms in total. The van der Waals surface area contributed by atoms with Gasteiger partial charge in [0.1, 0.15) is 5.82 Å². The zero-order valence-electron chi connectivity index (χ0n) is 14.2. The Kier molecular flexibility index (Phi) is 5.20. The van der Waals surface area contributed by atoms with Gasteiger partial charge in [-0.25, -0.2) is 12.8 Å². The Morgan fingerprint density at radius 2 is 2.00 bits per heavy atom. The summed E-state index contributed by atoms with van der Waals surface area (Å²) in [7, 11) is -3.05. The first kappa shape index (κ1) is 18.4. The number of hydrogen-bond acceptors (Lipinski definition) is 4. The predicted octanol–water partition coefficient (Wildman–Crippen LogP) is 2.12. The number of amidine groups is 1. The van der Waals surface area contributed by atoms with E-state index in [4.69, 9.17) is 0 Å². The lowest BCUT2D eigenvalue weighted by Gasteiger charge is -2.24. The first-order valence-corrected chi connectivity index (χ1v) is 11.0. The number of hydrogen-bond donors (Lipinski definition) is 0. The topological polar surface area (TPSA) is 66.8 Å². The molecule has 0 bridgehead atoms. The zero-order valence-corrected chi connectivity index (χ0v) is 15.8. The van der Waals surface area contributed by atoms with Crippen molar-refractivity contribution in [3.63, 3.8) is 0 Å². The predicted molar refractivity (Wildman–Crippen MR) is 97.9 cm³/mol. The van der Waals surface area contributed by atoms with Crippen molar-refractivity contribution in [3.05, 3.63) is 35.6 Å². The smallest absolute Gasteiger partial charge is 0.250 e. The van der Waals surface area contributed by atoms with Gasteiger partial charge in [-0.1, -0.05) is 37.7 Å². The number of aliphatic imine (C=N–C) groups is 1. The van der Waals surface area contributed by atoms with Crippen molar-refractivity contribution in [1.82, 2.24) is 4.90 Å². The van der Waals surface area contributed by atoms with E-state index < -0.39 is 9.84 Å². The lowest BCUT2D eigenvalue weighted by atomic mass is 10.1. The van der Waals surface area contributed by atoms with Crippen LogP contribution in [0.2, 0.25) is 0 Å². The van der Waals surface area contributed by atoms with E-state index in [1.54, 1.807) is 26.0 Å². The van der Waals surface area contributed by atoms with Gasteiger partial charge in [-0.3, -0.25) is 4.79 Å². The van der Waals surface area contributed by atoms with Crippen molar-refractivity contribution in [2.75, 3.05) is 18.1 Å². The van der Waals surface area contributed by atoms with Crippen molar-refractivity contribution in [2.24, 2.45) is 10.9 Å². The van der Waals surface area contributed by atoms with Crippen LogP contribution in [-0.2, 0) is 21.1 Å². The third kappa shape index (κ3) is 4.23. The van der Waals surface area contributed by atoms with Crippen LogP contribution in [0, 0.1) is 11.7 Å². The molecule has 25 heavy (non-hydrogen) atoms. The molecule has 0 aliphatic carbocycles. The van der Waals surface area contributed by atoms with Crippen LogP contribution in [0.1, 0.15) is 19.4 Å². The second kappa shape index (κ2) is 7.07. The largest absolute Gasteiger partial charge is 0.346 e. The Balaban J connectivity index is 1.79. The monoisotopic (exact) mass is 384 g/mol. The maximum atomic E-state index is 13.0. The van der Waals surface area contributed by atoms with Gasteiger partial charge in [0.05, 0.1) is 17.5 Å². The molecule has 0 saturated carbocycles. The van der Waals surface area contributed by atoms with Crippen LogP contribution >= 0.6 is 11.8 Å². The van der Waals surface area contributed by atoms with E-state index in [1.165, 1.54) is 23.9 Å². The Hall–Kier alpha value is -1.41. The molecule has 0 spiro atoms. The van der Waals surface area contributed by atoms with Gasteiger partial charge in [0.15, 0.2) is 15.0 Å². The molecule has 2 atom stereocenters. The van der Waals surface area contributed by atoms with Gasteiger partial charge in [-0.05, 0) is 24.1 Å². The van der Waals surface area contributed by atoms with Gasteiger partial charge in [-0.2, -0.15) is 4.99 Å². The normalized spacial score (nSPS) is 26.4. The van der Waals surface area contributed by atoms with Gasteiger partial charge in [-0.15, -0.1) is 0 Å².